The monoisotopic (exact) mass is 390 g/mol. The van der Waals surface area contributed by atoms with E-state index >= 15 is 0 Å². The molecule has 1 aliphatic rings. The van der Waals surface area contributed by atoms with Gasteiger partial charge in [-0.2, -0.15) is 0 Å². The Balaban J connectivity index is 1.49. The second kappa shape index (κ2) is 8.16. The summed E-state index contributed by atoms with van der Waals surface area (Å²) in [5.74, 6) is 0.0595. The first-order valence-electron chi connectivity index (χ1n) is 9.61. The molecule has 0 saturated carbocycles. The molecule has 7 nitrogen and oxygen atoms in total. The first kappa shape index (κ1) is 20.1. The maximum absolute atomic E-state index is 13.2. The molecule has 1 fully saturated rings. The lowest BCUT2D eigenvalue weighted by Crippen LogP contribution is -2.47. The van der Waals surface area contributed by atoms with Crippen molar-refractivity contribution in [3.8, 4) is 0 Å². The lowest BCUT2D eigenvalue weighted by Gasteiger charge is -2.33. The van der Waals surface area contributed by atoms with Crippen molar-refractivity contribution in [3.05, 3.63) is 29.8 Å². The molecule has 2 N–H and O–H groups in total. The number of amides is 2. The number of nitrogens with one attached hydrogen (secondary N) is 2. The van der Waals surface area contributed by atoms with Gasteiger partial charge >= 0.3 is 6.09 Å². The average molecular weight is 390 g/mol. The van der Waals surface area contributed by atoms with Crippen molar-refractivity contribution in [1.29, 1.82) is 0 Å². The van der Waals surface area contributed by atoms with E-state index in [-0.39, 0.29) is 23.7 Å². The van der Waals surface area contributed by atoms with Gasteiger partial charge in [0.15, 0.2) is 0 Å². The maximum atomic E-state index is 13.2. The number of likely N-dealkylation sites (tertiary alicyclic amines) is 1. The Bertz CT molecular complexity index is 859. The van der Waals surface area contributed by atoms with Crippen molar-refractivity contribution in [2.45, 2.75) is 45.6 Å². The number of hydrogen-bond donors (Lipinski definition) is 2. The van der Waals surface area contributed by atoms with Gasteiger partial charge in [-0.25, -0.2) is 14.2 Å². The Morgan fingerprint density at radius 3 is 2.93 bits per heavy atom. The number of rotatable bonds is 4. The number of carbonyl (C=O) groups excluding carboxylic acids is 2. The summed E-state index contributed by atoms with van der Waals surface area (Å²) < 4.78 is 18.6. The van der Waals surface area contributed by atoms with Gasteiger partial charge in [0.25, 0.3) is 0 Å². The fourth-order valence-electron chi connectivity index (χ4n) is 3.28. The van der Waals surface area contributed by atoms with Crippen LogP contribution in [0.4, 0.5) is 9.18 Å². The van der Waals surface area contributed by atoms with Gasteiger partial charge in [-0.3, -0.25) is 4.79 Å². The minimum Gasteiger partial charge on any atom is -0.444 e. The summed E-state index contributed by atoms with van der Waals surface area (Å²) in [6, 6.07) is 4.39. The van der Waals surface area contributed by atoms with Crippen LogP contribution in [0.1, 0.15) is 39.4 Å². The standard InChI is InChI=1S/C20H27FN4O3/c1-20(2,3)28-19(27)25-10-4-5-13(12-25)18(26)22-9-8-17-23-15-7-6-14(21)11-16(15)24-17/h6-7,11,13H,4-5,8-10,12H2,1-3H3,(H,22,26)(H,23,24). The van der Waals surface area contributed by atoms with Gasteiger partial charge in [-0.15, -0.1) is 0 Å². The van der Waals surface area contributed by atoms with Crippen molar-refractivity contribution >= 4 is 23.0 Å². The van der Waals surface area contributed by atoms with Crippen LogP contribution in [0, 0.1) is 11.7 Å². The van der Waals surface area contributed by atoms with E-state index in [1.54, 1.807) is 11.0 Å². The molecule has 152 valence electrons. The van der Waals surface area contributed by atoms with E-state index < -0.39 is 5.60 Å². The van der Waals surface area contributed by atoms with E-state index in [0.29, 0.717) is 42.9 Å². The first-order valence-corrected chi connectivity index (χ1v) is 9.61. The Hall–Kier alpha value is -2.64. The number of imidazole rings is 1. The molecule has 2 amide bonds. The highest BCUT2D eigenvalue weighted by atomic mass is 19.1. The summed E-state index contributed by atoms with van der Waals surface area (Å²) >= 11 is 0. The third kappa shape index (κ3) is 5.21. The maximum Gasteiger partial charge on any atom is 0.410 e. The summed E-state index contributed by atoms with van der Waals surface area (Å²) in [7, 11) is 0. The molecule has 1 atom stereocenters. The largest absolute Gasteiger partial charge is 0.444 e. The van der Waals surface area contributed by atoms with Crippen LogP contribution in [0.2, 0.25) is 0 Å². The zero-order valence-electron chi connectivity index (χ0n) is 16.5. The van der Waals surface area contributed by atoms with Gasteiger partial charge in [0.05, 0.1) is 17.0 Å². The van der Waals surface area contributed by atoms with Crippen LogP contribution in [-0.4, -0.2) is 52.1 Å². The number of fused-ring (bicyclic) bond motifs is 1. The van der Waals surface area contributed by atoms with Gasteiger partial charge in [0.2, 0.25) is 5.91 Å². The topological polar surface area (TPSA) is 87.3 Å². The predicted octanol–water partition coefficient (Wildman–Crippen LogP) is 3.01. The fraction of sp³-hybridized carbons (Fsp3) is 0.550. The molecular formula is C20H27FN4O3. The van der Waals surface area contributed by atoms with Crippen molar-refractivity contribution < 1.29 is 18.7 Å². The third-order valence-corrected chi connectivity index (χ3v) is 4.60. The highest BCUT2D eigenvalue weighted by molar-refractivity contribution is 5.80. The molecule has 3 rings (SSSR count). The molecule has 1 unspecified atom stereocenters. The van der Waals surface area contributed by atoms with E-state index in [2.05, 4.69) is 15.3 Å². The molecule has 2 aromatic rings. The van der Waals surface area contributed by atoms with E-state index in [0.717, 1.165) is 12.8 Å². The van der Waals surface area contributed by atoms with Gasteiger partial charge in [-0.1, -0.05) is 0 Å². The average Bonchev–Trinajstić information content (AvgIpc) is 3.02. The molecule has 1 saturated heterocycles. The number of benzene rings is 1. The van der Waals surface area contributed by atoms with Crippen LogP contribution in [0.25, 0.3) is 11.0 Å². The van der Waals surface area contributed by atoms with E-state index in [4.69, 9.17) is 4.74 Å². The number of aromatic nitrogens is 2. The van der Waals surface area contributed by atoms with Gasteiger partial charge < -0.3 is 19.9 Å². The Kier molecular flexibility index (Phi) is 5.86. The SMILES string of the molecule is CC(C)(C)OC(=O)N1CCCC(C(=O)NCCc2nc3ccc(F)cc3[nH]2)C1. The molecular weight excluding hydrogens is 363 g/mol. The highest BCUT2D eigenvalue weighted by Gasteiger charge is 2.30. The molecule has 1 aliphatic heterocycles. The number of piperidine rings is 1. The summed E-state index contributed by atoms with van der Waals surface area (Å²) in [4.78, 5) is 33.8. The minimum absolute atomic E-state index is 0.0737. The smallest absolute Gasteiger partial charge is 0.410 e. The fourth-order valence-corrected chi connectivity index (χ4v) is 3.28. The van der Waals surface area contributed by atoms with Crippen molar-refractivity contribution in [2.75, 3.05) is 19.6 Å². The van der Waals surface area contributed by atoms with Crippen LogP contribution < -0.4 is 5.32 Å². The first-order chi connectivity index (χ1) is 13.2. The molecule has 0 bridgehead atoms. The molecule has 28 heavy (non-hydrogen) atoms. The Labute approximate surface area is 163 Å². The van der Waals surface area contributed by atoms with Crippen molar-refractivity contribution in [3.63, 3.8) is 0 Å². The molecule has 1 aromatic heterocycles. The third-order valence-electron chi connectivity index (χ3n) is 4.60. The van der Waals surface area contributed by atoms with Crippen LogP contribution in [0.5, 0.6) is 0 Å². The summed E-state index contributed by atoms with van der Waals surface area (Å²) in [6.45, 7) is 6.87. The van der Waals surface area contributed by atoms with Crippen molar-refractivity contribution in [1.82, 2.24) is 20.2 Å². The normalized spacial score (nSPS) is 17.6. The highest BCUT2D eigenvalue weighted by Crippen LogP contribution is 2.19. The predicted molar refractivity (Wildman–Crippen MR) is 103 cm³/mol. The molecule has 8 heteroatoms. The van der Waals surface area contributed by atoms with Crippen molar-refractivity contribution in [2.24, 2.45) is 5.92 Å². The van der Waals surface area contributed by atoms with Gasteiger partial charge in [0.1, 0.15) is 17.2 Å². The number of halogens is 1. The van der Waals surface area contributed by atoms with E-state index in [1.165, 1.54) is 12.1 Å². The van der Waals surface area contributed by atoms with Gasteiger partial charge in [0, 0.05) is 26.1 Å². The Morgan fingerprint density at radius 2 is 2.18 bits per heavy atom. The van der Waals surface area contributed by atoms with Crippen LogP contribution in [0.15, 0.2) is 18.2 Å². The quantitative estimate of drug-likeness (QED) is 0.840. The molecule has 0 spiro atoms. The number of nitrogens with zero attached hydrogens (tertiary/aromatic N) is 2. The minimum atomic E-state index is -0.554. The Morgan fingerprint density at radius 1 is 1.39 bits per heavy atom. The lowest BCUT2D eigenvalue weighted by atomic mass is 9.97. The van der Waals surface area contributed by atoms with E-state index in [1.807, 2.05) is 20.8 Å². The molecule has 1 aromatic carbocycles. The zero-order chi connectivity index (χ0) is 20.3. The molecule has 0 aliphatic carbocycles. The number of carbonyl (C=O) groups is 2. The van der Waals surface area contributed by atoms with Crippen LogP contribution in [-0.2, 0) is 16.0 Å². The summed E-state index contributed by atoms with van der Waals surface area (Å²) in [5, 5.41) is 2.91. The summed E-state index contributed by atoms with van der Waals surface area (Å²) in [5.41, 5.74) is 0.784. The number of hydrogen-bond acceptors (Lipinski definition) is 4. The second-order valence-corrected chi connectivity index (χ2v) is 8.15. The second-order valence-electron chi connectivity index (χ2n) is 8.15. The van der Waals surface area contributed by atoms with Crippen LogP contribution >= 0.6 is 0 Å². The number of ether oxygens (including phenoxy) is 1. The van der Waals surface area contributed by atoms with Gasteiger partial charge in [-0.05, 0) is 51.8 Å². The van der Waals surface area contributed by atoms with E-state index in [9.17, 15) is 14.0 Å². The van der Waals surface area contributed by atoms with Crippen LogP contribution in [0.3, 0.4) is 0 Å². The summed E-state index contributed by atoms with van der Waals surface area (Å²) in [6.07, 6.45) is 1.66. The molecule has 0 radical (unpaired) electrons. The lowest BCUT2D eigenvalue weighted by molar-refractivity contribution is -0.126. The number of aromatic amines is 1. The zero-order valence-corrected chi connectivity index (χ0v) is 16.5. The molecule has 2 heterocycles. The number of H-pyrrole nitrogens is 1.